The summed E-state index contributed by atoms with van der Waals surface area (Å²) in [5.74, 6) is -1.21. The Labute approximate surface area is 107 Å². The molecule has 1 aromatic carbocycles. The number of hydrogen-bond donors (Lipinski definition) is 2. The third-order valence-electron chi connectivity index (χ3n) is 3.12. The highest BCUT2D eigenvalue weighted by Crippen LogP contribution is 2.16. The van der Waals surface area contributed by atoms with E-state index >= 15 is 0 Å². The quantitative estimate of drug-likeness (QED) is 0.819. The van der Waals surface area contributed by atoms with E-state index in [0.29, 0.717) is 6.42 Å². The van der Waals surface area contributed by atoms with E-state index in [1.54, 1.807) is 19.1 Å². The predicted octanol–water partition coefficient (Wildman–Crippen LogP) is 2.60. The first-order valence-electron chi connectivity index (χ1n) is 6.13. The Morgan fingerprint density at radius 1 is 1.44 bits per heavy atom. The Balaban J connectivity index is 2.85. The van der Waals surface area contributed by atoms with Gasteiger partial charge in [-0.3, -0.25) is 10.1 Å². The maximum absolute atomic E-state index is 12.8. The molecule has 2 N–H and O–H groups in total. The summed E-state index contributed by atoms with van der Waals surface area (Å²) in [6, 6.07) is 6.05. The monoisotopic (exact) mass is 253 g/mol. The highest BCUT2D eigenvalue weighted by molar-refractivity contribution is 5.78. The number of halogens is 1. The van der Waals surface area contributed by atoms with Crippen molar-refractivity contribution in [2.45, 2.75) is 45.2 Å². The van der Waals surface area contributed by atoms with Crippen molar-refractivity contribution in [2.75, 3.05) is 0 Å². The van der Waals surface area contributed by atoms with Crippen LogP contribution in [0.2, 0.25) is 0 Å². The highest BCUT2D eigenvalue weighted by atomic mass is 19.1. The molecular weight excluding hydrogens is 233 g/mol. The lowest BCUT2D eigenvalue weighted by Gasteiger charge is -2.29. The molecule has 0 bridgehead atoms. The largest absolute Gasteiger partial charge is 0.480 e. The SMILES string of the molecule is CCC(C)NC(C)(Cc1ccc(F)cc1)C(=O)O. The first kappa shape index (κ1) is 14.6. The first-order chi connectivity index (χ1) is 8.37. The Hall–Kier alpha value is -1.42. The molecule has 4 heteroatoms. The van der Waals surface area contributed by atoms with Crippen molar-refractivity contribution in [3.05, 3.63) is 35.6 Å². The molecule has 1 rings (SSSR count). The molecule has 0 spiro atoms. The molecule has 0 fully saturated rings. The molecule has 0 heterocycles. The number of rotatable bonds is 6. The molecule has 3 nitrogen and oxygen atoms in total. The van der Waals surface area contributed by atoms with Crippen LogP contribution in [0.4, 0.5) is 4.39 Å². The van der Waals surface area contributed by atoms with Crippen molar-refractivity contribution >= 4 is 5.97 Å². The van der Waals surface area contributed by atoms with Gasteiger partial charge in [-0.1, -0.05) is 19.1 Å². The number of benzene rings is 1. The second kappa shape index (κ2) is 5.96. The van der Waals surface area contributed by atoms with E-state index in [9.17, 15) is 14.3 Å². The van der Waals surface area contributed by atoms with E-state index in [-0.39, 0.29) is 11.9 Å². The molecule has 100 valence electrons. The van der Waals surface area contributed by atoms with Crippen molar-refractivity contribution in [1.82, 2.24) is 5.32 Å². The fourth-order valence-corrected chi connectivity index (χ4v) is 1.84. The third-order valence-corrected chi connectivity index (χ3v) is 3.12. The number of hydrogen-bond acceptors (Lipinski definition) is 2. The van der Waals surface area contributed by atoms with Crippen LogP contribution in [0.1, 0.15) is 32.8 Å². The molecule has 1 aromatic rings. The van der Waals surface area contributed by atoms with Crippen LogP contribution in [-0.4, -0.2) is 22.7 Å². The lowest BCUT2D eigenvalue weighted by atomic mass is 9.91. The van der Waals surface area contributed by atoms with Gasteiger partial charge in [0.2, 0.25) is 0 Å². The number of carboxylic acids is 1. The van der Waals surface area contributed by atoms with Gasteiger partial charge in [0.15, 0.2) is 0 Å². The molecule has 18 heavy (non-hydrogen) atoms. The zero-order chi connectivity index (χ0) is 13.8. The summed E-state index contributed by atoms with van der Waals surface area (Å²) in [6.07, 6.45) is 1.18. The van der Waals surface area contributed by atoms with Gasteiger partial charge in [-0.2, -0.15) is 0 Å². The lowest BCUT2D eigenvalue weighted by Crippen LogP contribution is -2.54. The van der Waals surface area contributed by atoms with Gasteiger partial charge in [0.1, 0.15) is 11.4 Å². The Morgan fingerprint density at radius 3 is 2.44 bits per heavy atom. The Kier molecular flexibility index (Phi) is 4.84. The maximum atomic E-state index is 12.8. The van der Waals surface area contributed by atoms with Crippen molar-refractivity contribution in [2.24, 2.45) is 0 Å². The molecule has 0 aliphatic heterocycles. The van der Waals surface area contributed by atoms with E-state index in [2.05, 4.69) is 5.32 Å². The molecule has 0 aliphatic rings. The van der Waals surface area contributed by atoms with Crippen LogP contribution in [0.5, 0.6) is 0 Å². The fourth-order valence-electron chi connectivity index (χ4n) is 1.84. The minimum atomic E-state index is -1.03. The first-order valence-corrected chi connectivity index (χ1v) is 6.13. The zero-order valence-electron chi connectivity index (χ0n) is 11.0. The van der Waals surface area contributed by atoms with Gasteiger partial charge in [-0.05, 0) is 38.0 Å². The van der Waals surface area contributed by atoms with Gasteiger partial charge in [0.25, 0.3) is 0 Å². The van der Waals surface area contributed by atoms with Crippen LogP contribution >= 0.6 is 0 Å². The summed E-state index contributed by atoms with van der Waals surface area (Å²) in [7, 11) is 0. The van der Waals surface area contributed by atoms with Crippen LogP contribution in [0.15, 0.2) is 24.3 Å². The number of aliphatic carboxylic acids is 1. The van der Waals surface area contributed by atoms with E-state index < -0.39 is 11.5 Å². The predicted molar refractivity (Wildman–Crippen MR) is 69.0 cm³/mol. The standard InChI is InChI=1S/C14H20FNO2/c1-4-10(2)16-14(3,13(17)18)9-11-5-7-12(15)8-6-11/h5-8,10,16H,4,9H2,1-3H3,(H,17,18). The molecule has 0 radical (unpaired) electrons. The topological polar surface area (TPSA) is 49.3 Å². The lowest BCUT2D eigenvalue weighted by molar-refractivity contribution is -0.144. The number of nitrogens with one attached hydrogen (secondary N) is 1. The fraction of sp³-hybridized carbons (Fsp3) is 0.500. The van der Waals surface area contributed by atoms with Crippen LogP contribution in [-0.2, 0) is 11.2 Å². The highest BCUT2D eigenvalue weighted by Gasteiger charge is 2.34. The number of carboxylic acid groups (broad SMARTS) is 1. The minimum Gasteiger partial charge on any atom is -0.480 e. The average molecular weight is 253 g/mol. The summed E-state index contributed by atoms with van der Waals surface area (Å²) >= 11 is 0. The molecular formula is C14H20FNO2. The van der Waals surface area contributed by atoms with E-state index in [0.717, 1.165) is 12.0 Å². The van der Waals surface area contributed by atoms with Gasteiger partial charge < -0.3 is 5.11 Å². The zero-order valence-corrected chi connectivity index (χ0v) is 11.0. The molecule has 2 unspecified atom stereocenters. The normalized spacial score (nSPS) is 16.0. The van der Waals surface area contributed by atoms with Gasteiger partial charge in [0, 0.05) is 12.5 Å². The van der Waals surface area contributed by atoms with Crippen LogP contribution < -0.4 is 5.32 Å². The summed E-state index contributed by atoms with van der Waals surface area (Å²) in [6.45, 7) is 5.61. The number of carbonyl (C=O) groups is 1. The average Bonchev–Trinajstić information content (AvgIpc) is 2.31. The summed E-state index contributed by atoms with van der Waals surface area (Å²) in [5, 5.41) is 12.5. The molecule has 0 aromatic heterocycles. The summed E-state index contributed by atoms with van der Waals surface area (Å²) < 4.78 is 12.8. The molecule has 0 amide bonds. The van der Waals surface area contributed by atoms with Crippen molar-refractivity contribution in [3.63, 3.8) is 0 Å². The summed E-state index contributed by atoms with van der Waals surface area (Å²) in [5.41, 5.74) is -0.232. The molecule has 0 saturated heterocycles. The molecule has 0 aliphatic carbocycles. The minimum absolute atomic E-state index is 0.117. The molecule has 2 atom stereocenters. The second-order valence-corrected chi connectivity index (χ2v) is 4.89. The Bertz CT molecular complexity index is 405. The molecule has 0 saturated carbocycles. The van der Waals surface area contributed by atoms with Crippen molar-refractivity contribution in [1.29, 1.82) is 0 Å². The smallest absolute Gasteiger partial charge is 0.323 e. The van der Waals surface area contributed by atoms with Gasteiger partial charge >= 0.3 is 5.97 Å². The van der Waals surface area contributed by atoms with E-state index in [4.69, 9.17) is 0 Å². The van der Waals surface area contributed by atoms with Crippen molar-refractivity contribution < 1.29 is 14.3 Å². The van der Waals surface area contributed by atoms with E-state index in [1.807, 2.05) is 13.8 Å². The van der Waals surface area contributed by atoms with Gasteiger partial charge in [-0.15, -0.1) is 0 Å². The second-order valence-electron chi connectivity index (χ2n) is 4.89. The van der Waals surface area contributed by atoms with Crippen molar-refractivity contribution in [3.8, 4) is 0 Å². The van der Waals surface area contributed by atoms with Gasteiger partial charge in [0.05, 0.1) is 0 Å². The van der Waals surface area contributed by atoms with Crippen LogP contribution in [0, 0.1) is 5.82 Å². The maximum Gasteiger partial charge on any atom is 0.323 e. The Morgan fingerprint density at radius 2 is 2.00 bits per heavy atom. The van der Waals surface area contributed by atoms with Gasteiger partial charge in [-0.25, -0.2) is 4.39 Å². The summed E-state index contributed by atoms with van der Waals surface area (Å²) in [4.78, 5) is 11.4. The third kappa shape index (κ3) is 3.81. The van der Waals surface area contributed by atoms with Crippen LogP contribution in [0.3, 0.4) is 0 Å². The van der Waals surface area contributed by atoms with Crippen LogP contribution in [0.25, 0.3) is 0 Å². The van der Waals surface area contributed by atoms with E-state index in [1.165, 1.54) is 12.1 Å².